The Bertz CT molecular complexity index is 939. The van der Waals surface area contributed by atoms with Gasteiger partial charge in [0.2, 0.25) is 11.8 Å². The fraction of sp³-hybridized carbons (Fsp3) is 0.273. The SMILES string of the molecule is CN(Cc1ccccc1OC(F)(F)F)C(=O)/C=C/c1ccc(N2CCCC2=O)cc1. The van der Waals surface area contributed by atoms with Gasteiger partial charge in [-0.05, 0) is 36.3 Å². The second kappa shape index (κ2) is 9.02. The summed E-state index contributed by atoms with van der Waals surface area (Å²) in [7, 11) is 1.50. The van der Waals surface area contributed by atoms with Gasteiger partial charge in [-0.1, -0.05) is 30.3 Å². The molecule has 1 heterocycles. The number of carbonyl (C=O) groups excluding carboxylic acids is 2. The van der Waals surface area contributed by atoms with E-state index < -0.39 is 6.36 Å². The molecule has 0 N–H and O–H groups in total. The van der Waals surface area contributed by atoms with Crippen molar-refractivity contribution in [2.75, 3.05) is 18.5 Å². The average molecular weight is 418 g/mol. The first kappa shape index (κ1) is 21.4. The molecular formula is C22H21F3N2O3. The van der Waals surface area contributed by atoms with Crippen LogP contribution in [0, 0.1) is 0 Å². The van der Waals surface area contributed by atoms with Crippen molar-refractivity contribution >= 4 is 23.6 Å². The summed E-state index contributed by atoms with van der Waals surface area (Å²) in [4.78, 5) is 27.2. The number of halogens is 3. The number of carbonyl (C=O) groups is 2. The van der Waals surface area contributed by atoms with E-state index in [0.29, 0.717) is 13.0 Å². The van der Waals surface area contributed by atoms with Crippen molar-refractivity contribution in [3.8, 4) is 5.75 Å². The minimum atomic E-state index is -4.80. The second-order valence-corrected chi connectivity index (χ2v) is 6.92. The van der Waals surface area contributed by atoms with Crippen LogP contribution in [0.5, 0.6) is 5.75 Å². The molecule has 0 aromatic heterocycles. The zero-order chi connectivity index (χ0) is 21.7. The van der Waals surface area contributed by atoms with Crippen LogP contribution in [0.25, 0.3) is 6.08 Å². The lowest BCUT2D eigenvalue weighted by atomic mass is 10.1. The van der Waals surface area contributed by atoms with Crippen LogP contribution >= 0.6 is 0 Å². The Labute approximate surface area is 172 Å². The van der Waals surface area contributed by atoms with E-state index in [1.54, 1.807) is 29.2 Å². The van der Waals surface area contributed by atoms with Crippen LogP contribution in [0.4, 0.5) is 18.9 Å². The van der Waals surface area contributed by atoms with E-state index in [-0.39, 0.29) is 29.7 Å². The molecule has 1 aliphatic rings. The molecule has 1 saturated heterocycles. The third-order valence-corrected chi connectivity index (χ3v) is 4.68. The van der Waals surface area contributed by atoms with Crippen LogP contribution in [0.1, 0.15) is 24.0 Å². The van der Waals surface area contributed by atoms with Crippen molar-refractivity contribution in [2.45, 2.75) is 25.7 Å². The molecule has 0 unspecified atom stereocenters. The molecule has 0 spiro atoms. The molecule has 3 rings (SSSR count). The van der Waals surface area contributed by atoms with Gasteiger partial charge < -0.3 is 14.5 Å². The maximum atomic E-state index is 12.5. The van der Waals surface area contributed by atoms with Gasteiger partial charge in [-0.2, -0.15) is 0 Å². The first-order chi connectivity index (χ1) is 14.2. The van der Waals surface area contributed by atoms with Crippen molar-refractivity contribution in [2.24, 2.45) is 0 Å². The molecule has 0 aliphatic carbocycles. The zero-order valence-corrected chi connectivity index (χ0v) is 16.4. The highest BCUT2D eigenvalue weighted by Gasteiger charge is 2.32. The van der Waals surface area contributed by atoms with Crippen molar-refractivity contribution in [3.63, 3.8) is 0 Å². The molecule has 0 radical (unpaired) electrons. The number of hydrogen-bond donors (Lipinski definition) is 0. The fourth-order valence-electron chi connectivity index (χ4n) is 3.17. The van der Waals surface area contributed by atoms with Crippen LogP contribution in [0.2, 0.25) is 0 Å². The summed E-state index contributed by atoms with van der Waals surface area (Å²) < 4.78 is 41.6. The maximum absolute atomic E-state index is 12.5. The smallest absolute Gasteiger partial charge is 0.405 e. The molecule has 2 aromatic carbocycles. The van der Waals surface area contributed by atoms with Gasteiger partial charge in [0.05, 0.1) is 0 Å². The molecule has 2 amide bonds. The van der Waals surface area contributed by atoms with E-state index in [9.17, 15) is 22.8 Å². The van der Waals surface area contributed by atoms with Gasteiger partial charge in [-0.15, -0.1) is 13.2 Å². The Morgan fingerprint density at radius 3 is 2.50 bits per heavy atom. The maximum Gasteiger partial charge on any atom is 0.573 e. The summed E-state index contributed by atoms with van der Waals surface area (Å²) in [6.07, 6.45) is -0.432. The summed E-state index contributed by atoms with van der Waals surface area (Å²) >= 11 is 0. The highest BCUT2D eigenvalue weighted by molar-refractivity contribution is 5.95. The normalized spacial score (nSPS) is 14.4. The number of benzene rings is 2. The van der Waals surface area contributed by atoms with Crippen molar-refractivity contribution in [1.82, 2.24) is 4.90 Å². The summed E-state index contributed by atoms with van der Waals surface area (Å²) in [5.74, 6) is -0.596. The summed E-state index contributed by atoms with van der Waals surface area (Å²) in [6, 6.07) is 13.0. The predicted molar refractivity (Wildman–Crippen MR) is 107 cm³/mol. The molecule has 0 bridgehead atoms. The predicted octanol–water partition coefficient (Wildman–Crippen LogP) is 4.38. The van der Waals surface area contributed by atoms with E-state index in [0.717, 1.165) is 17.7 Å². The van der Waals surface area contributed by atoms with E-state index in [2.05, 4.69) is 4.74 Å². The number of hydrogen-bond acceptors (Lipinski definition) is 3. The molecule has 30 heavy (non-hydrogen) atoms. The molecule has 158 valence electrons. The third kappa shape index (κ3) is 5.62. The van der Waals surface area contributed by atoms with Crippen molar-refractivity contribution < 1.29 is 27.5 Å². The molecule has 2 aromatic rings. The summed E-state index contributed by atoms with van der Waals surface area (Å²) in [5, 5.41) is 0. The summed E-state index contributed by atoms with van der Waals surface area (Å²) in [5.41, 5.74) is 1.84. The number of ether oxygens (including phenoxy) is 1. The molecule has 1 aliphatic heterocycles. The third-order valence-electron chi connectivity index (χ3n) is 4.68. The Morgan fingerprint density at radius 1 is 1.17 bits per heavy atom. The molecule has 5 nitrogen and oxygen atoms in total. The van der Waals surface area contributed by atoms with Crippen LogP contribution in [-0.4, -0.2) is 36.7 Å². The van der Waals surface area contributed by atoms with E-state index in [1.165, 1.54) is 36.2 Å². The molecule has 1 fully saturated rings. The number of nitrogens with zero attached hydrogens (tertiary/aromatic N) is 2. The number of amides is 2. The molecular weight excluding hydrogens is 397 g/mol. The lowest BCUT2D eigenvalue weighted by Gasteiger charge is -2.18. The topological polar surface area (TPSA) is 49.9 Å². The van der Waals surface area contributed by atoms with Gasteiger partial charge in [-0.3, -0.25) is 9.59 Å². The van der Waals surface area contributed by atoms with Crippen LogP contribution in [-0.2, 0) is 16.1 Å². The molecule has 0 atom stereocenters. The zero-order valence-electron chi connectivity index (χ0n) is 16.4. The first-order valence-electron chi connectivity index (χ1n) is 9.40. The Morgan fingerprint density at radius 2 is 1.87 bits per heavy atom. The second-order valence-electron chi connectivity index (χ2n) is 6.92. The Kier molecular flexibility index (Phi) is 6.44. The number of alkyl halides is 3. The lowest BCUT2D eigenvalue weighted by molar-refractivity contribution is -0.275. The van der Waals surface area contributed by atoms with Crippen molar-refractivity contribution in [3.05, 3.63) is 65.7 Å². The van der Waals surface area contributed by atoms with Crippen LogP contribution in [0.15, 0.2) is 54.6 Å². The van der Waals surface area contributed by atoms with Gasteiger partial charge in [0.15, 0.2) is 0 Å². The Hall–Kier alpha value is -3.29. The number of likely N-dealkylation sites (N-methyl/N-ethyl adjacent to an activating group) is 1. The lowest BCUT2D eigenvalue weighted by Crippen LogP contribution is -2.25. The van der Waals surface area contributed by atoms with Gasteiger partial charge in [0.1, 0.15) is 5.75 Å². The van der Waals surface area contributed by atoms with Crippen molar-refractivity contribution in [1.29, 1.82) is 0 Å². The minimum Gasteiger partial charge on any atom is -0.405 e. The van der Waals surface area contributed by atoms with E-state index in [1.807, 2.05) is 12.1 Å². The van der Waals surface area contributed by atoms with Gasteiger partial charge >= 0.3 is 6.36 Å². The quantitative estimate of drug-likeness (QED) is 0.654. The monoisotopic (exact) mass is 418 g/mol. The van der Waals surface area contributed by atoms with Gasteiger partial charge in [0, 0.05) is 43.9 Å². The molecule has 0 saturated carbocycles. The highest BCUT2D eigenvalue weighted by Crippen LogP contribution is 2.27. The van der Waals surface area contributed by atoms with Crippen LogP contribution < -0.4 is 9.64 Å². The Balaban J connectivity index is 1.62. The van der Waals surface area contributed by atoms with E-state index >= 15 is 0 Å². The standard InChI is InChI=1S/C22H21F3N2O3/c1-26(15-17-5-2-3-6-19(17)30-22(23,24)25)20(28)13-10-16-8-11-18(12-9-16)27-14-4-7-21(27)29/h2-3,5-6,8-13H,4,7,14-15H2,1H3/b13-10+. The summed E-state index contributed by atoms with van der Waals surface area (Å²) in [6.45, 7) is 0.669. The van der Waals surface area contributed by atoms with Crippen LogP contribution in [0.3, 0.4) is 0 Å². The number of anilines is 1. The fourth-order valence-corrected chi connectivity index (χ4v) is 3.17. The largest absolute Gasteiger partial charge is 0.573 e. The highest BCUT2D eigenvalue weighted by atomic mass is 19.4. The average Bonchev–Trinajstić information content (AvgIpc) is 3.12. The number of rotatable bonds is 6. The van der Waals surface area contributed by atoms with Gasteiger partial charge in [-0.25, -0.2) is 0 Å². The molecule has 8 heteroatoms. The minimum absolute atomic E-state index is 0.0363. The number of para-hydroxylation sites is 1. The van der Waals surface area contributed by atoms with E-state index in [4.69, 9.17) is 0 Å². The van der Waals surface area contributed by atoms with Gasteiger partial charge in [0.25, 0.3) is 0 Å². The first-order valence-corrected chi connectivity index (χ1v) is 9.40.